The van der Waals surface area contributed by atoms with Crippen LogP contribution in [0, 0.1) is 0 Å². The Hall–Kier alpha value is -4.53. The summed E-state index contributed by atoms with van der Waals surface area (Å²) in [5.74, 6) is -0.609. The fourth-order valence-corrected chi connectivity index (χ4v) is 4.18. The molecule has 5 aromatic rings. The minimum absolute atomic E-state index is 0.157. The number of nitrogens with two attached hydrogens (primary N) is 1. The number of carbonyl (C=O) groups is 1. The Balaban J connectivity index is 1.58. The summed E-state index contributed by atoms with van der Waals surface area (Å²) in [4.78, 5) is 19.4. The third-order valence-electron chi connectivity index (χ3n) is 5.58. The third kappa shape index (κ3) is 2.60. The molecule has 0 bridgehead atoms. The average molecular weight is 408 g/mol. The first kappa shape index (κ1) is 17.3. The van der Waals surface area contributed by atoms with Gasteiger partial charge in [-0.2, -0.15) is 5.10 Å². The van der Waals surface area contributed by atoms with Gasteiger partial charge in [0.05, 0.1) is 11.7 Å². The predicted octanol–water partition coefficient (Wildman–Crippen LogP) is 2.82. The summed E-state index contributed by atoms with van der Waals surface area (Å²) in [6, 6.07) is 15.7. The van der Waals surface area contributed by atoms with Gasteiger partial charge in [0, 0.05) is 34.0 Å². The van der Waals surface area contributed by atoms with Crippen LogP contribution in [0.2, 0.25) is 0 Å². The molecule has 0 spiro atoms. The van der Waals surface area contributed by atoms with Gasteiger partial charge in [-0.05, 0) is 23.8 Å². The monoisotopic (exact) mass is 408 g/mol. The minimum atomic E-state index is -0.609. The Kier molecular flexibility index (Phi) is 3.63. The van der Waals surface area contributed by atoms with Gasteiger partial charge in [0.1, 0.15) is 12.7 Å². The Labute approximate surface area is 176 Å². The molecule has 0 radical (unpaired) electrons. The third-order valence-corrected chi connectivity index (χ3v) is 5.58. The van der Waals surface area contributed by atoms with Crippen LogP contribution in [0.3, 0.4) is 0 Å². The molecule has 4 heterocycles. The molecule has 1 aliphatic heterocycles. The van der Waals surface area contributed by atoms with Crippen molar-refractivity contribution in [3.05, 3.63) is 84.2 Å². The lowest BCUT2D eigenvalue weighted by Crippen LogP contribution is -2.15. The summed E-state index contributed by atoms with van der Waals surface area (Å²) < 4.78 is 1.71. The molecule has 0 fully saturated rings. The normalized spacial score (nSPS) is 14.6. The molecule has 0 saturated carbocycles. The maximum atomic E-state index is 12.2. The van der Waals surface area contributed by atoms with Crippen LogP contribution < -0.4 is 11.1 Å². The van der Waals surface area contributed by atoms with Gasteiger partial charge >= 0.3 is 0 Å². The first-order valence-corrected chi connectivity index (χ1v) is 9.69. The topological polar surface area (TPSA) is 127 Å². The van der Waals surface area contributed by atoms with Crippen LogP contribution in [0.15, 0.2) is 67.4 Å². The number of aromatic nitrogens is 6. The molecule has 2 aromatic carbocycles. The van der Waals surface area contributed by atoms with Crippen LogP contribution in [0.4, 0.5) is 5.69 Å². The smallest absolute Gasteiger partial charge is 0.269 e. The summed E-state index contributed by atoms with van der Waals surface area (Å²) in [5.41, 5.74) is 11.8. The van der Waals surface area contributed by atoms with Crippen molar-refractivity contribution in [3.8, 4) is 16.8 Å². The summed E-state index contributed by atoms with van der Waals surface area (Å²) in [7, 11) is 0. The Morgan fingerprint density at radius 2 is 1.90 bits per heavy atom. The molecular weight excluding hydrogens is 392 g/mol. The molecule has 1 amide bonds. The number of hydrogen-bond acceptors (Lipinski definition) is 6. The molecule has 1 atom stereocenters. The molecular formula is C22H16N8O. The van der Waals surface area contributed by atoms with Gasteiger partial charge in [-0.1, -0.05) is 30.3 Å². The number of rotatable bonds is 3. The summed E-state index contributed by atoms with van der Waals surface area (Å²) in [6.45, 7) is 0. The highest BCUT2D eigenvalue weighted by atomic mass is 16.1. The van der Waals surface area contributed by atoms with Crippen molar-refractivity contribution in [2.24, 2.45) is 5.73 Å². The highest BCUT2D eigenvalue weighted by molar-refractivity contribution is 6.10. The molecule has 4 N–H and O–H groups in total. The van der Waals surface area contributed by atoms with E-state index in [1.807, 2.05) is 54.7 Å². The van der Waals surface area contributed by atoms with E-state index < -0.39 is 5.91 Å². The molecule has 0 saturated heterocycles. The molecule has 1 unspecified atom stereocenters. The first-order chi connectivity index (χ1) is 15.2. The van der Waals surface area contributed by atoms with Crippen molar-refractivity contribution in [1.29, 1.82) is 0 Å². The maximum absolute atomic E-state index is 12.2. The van der Waals surface area contributed by atoms with Gasteiger partial charge < -0.3 is 16.0 Å². The minimum Gasteiger partial charge on any atom is -0.374 e. The number of hydrogen-bond donors (Lipinski definition) is 3. The zero-order valence-electron chi connectivity index (χ0n) is 16.1. The number of H-pyrrole nitrogens is 1. The van der Waals surface area contributed by atoms with Crippen molar-refractivity contribution >= 4 is 22.6 Å². The number of primary amides is 1. The van der Waals surface area contributed by atoms with Crippen LogP contribution in [-0.2, 0) is 0 Å². The van der Waals surface area contributed by atoms with Crippen LogP contribution in [0.5, 0.6) is 0 Å². The highest BCUT2D eigenvalue weighted by Gasteiger charge is 2.29. The van der Waals surface area contributed by atoms with E-state index in [4.69, 9.17) is 5.73 Å². The largest absolute Gasteiger partial charge is 0.374 e. The highest BCUT2D eigenvalue weighted by Crippen LogP contribution is 2.44. The molecule has 150 valence electrons. The molecule has 31 heavy (non-hydrogen) atoms. The number of anilines is 1. The fourth-order valence-electron chi connectivity index (χ4n) is 4.18. The predicted molar refractivity (Wildman–Crippen MR) is 115 cm³/mol. The van der Waals surface area contributed by atoms with Crippen molar-refractivity contribution in [3.63, 3.8) is 0 Å². The lowest BCUT2D eigenvalue weighted by molar-refractivity contribution is 0.0995. The van der Waals surface area contributed by atoms with E-state index in [-0.39, 0.29) is 11.7 Å². The lowest BCUT2D eigenvalue weighted by Gasteiger charge is -2.20. The standard InChI is InChI=1S/C22H16N8O/c23-21(31)20-17-14-3-1-2-4-16(14)27-19(15-9-25-22(18(15)17)29-28-20)12-5-7-13(8-6-12)30-11-24-10-26-30/h1-11,19,27H,(H2,23,31)(H,25,29). The quantitative estimate of drug-likeness (QED) is 0.421. The van der Waals surface area contributed by atoms with E-state index in [9.17, 15) is 4.79 Å². The zero-order valence-corrected chi connectivity index (χ0v) is 16.1. The van der Waals surface area contributed by atoms with Gasteiger partial charge in [0.2, 0.25) is 0 Å². The Morgan fingerprint density at radius 3 is 2.68 bits per heavy atom. The molecule has 9 heteroatoms. The fraction of sp³-hybridized carbons (Fsp3) is 0.0455. The van der Waals surface area contributed by atoms with Crippen LogP contribution >= 0.6 is 0 Å². The molecule has 1 aliphatic rings. The number of nitrogens with one attached hydrogen (secondary N) is 2. The van der Waals surface area contributed by atoms with Gasteiger partial charge in [0.15, 0.2) is 11.3 Å². The van der Waals surface area contributed by atoms with E-state index in [1.165, 1.54) is 6.33 Å². The van der Waals surface area contributed by atoms with E-state index >= 15 is 0 Å². The van der Waals surface area contributed by atoms with Crippen molar-refractivity contribution < 1.29 is 4.79 Å². The van der Waals surface area contributed by atoms with E-state index in [1.54, 1.807) is 11.0 Å². The van der Waals surface area contributed by atoms with Crippen LogP contribution in [0.25, 0.3) is 27.8 Å². The number of benzene rings is 2. The van der Waals surface area contributed by atoms with Gasteiger partial charge in [-0.3, -0.25) is 4.79 Å². The van der Waals surface area contributed by atoms with Crippen LogP contribution in [-0.4, -0.2) is 35.9 Å². The van der Waals surface area contributed by atoms with Crippen molar-refractivity contribution in [1.82, 2.24) is 29.9 Å². The second-order valence-corrected chi connectivity index (χ2v) is 7.31. The van der Waals surface area contributed by atoms with E-state index in [2.05, 4.69) is 30.6 Å². The molecule has 3 aromatic heterocycles. The Morgan fingerprint density at radius 1 is 1.06 bits per heavy atom. The number of para-hydroxylation sites is 1. The number of fused-ring (bicyclic) bond motifs is 2. The lowest BCUT2D eigenvalue weighted by atomic mass is 9.95. The van der Waals surface area contributed by atoms with E-state index in [0.29, 0.717) is 11.2 Å². The average Bonchev–Trinajstić information content (AvgIpc) is 3.45. The second kappa shape index (κ2) is 6.49. The summed E-state index contributed by atoms with van der Waals surface area (Å²) in [5, 5.41) is 17.0. The molecule has 6 rings (SSSR count). The first-order valence-electron chi connectivity index (χ1n) is 9.69. The van der Waals surface area contributed by atoms with Crippen LogP contribution in [0.1, 0.15) is 27.7 Å². The number of carbonyl (C=O) groups excluding carboxylic acids is 1. The van der Waals surface area contributed by atoms with Gasteiger partial charge in [0.25, 0.3) is 5.91 Å². The molecule has 9 nitrogen and oxygen atoms in total. The number of aromatic amines is 1. The molecule has 0 aliphatic carbocycles. The van der Waals surface area contributed by atoms with E-state index in [0.717, 1.165) is 33.5 Å². The SMILES string of the molecule is NC(=O)c1nnc2[nH]cc3c2c1-c1ccccc1NC3c1ccc(-n2cncn2)cc1. The summed E-state index contributed by atoms with van der Waals surface area (Å²) in [6.07, 6.45) is 5.07. The zero-order chi connectivity index (χ0) is 20.9. The summed E-state index contributed by atoms with van der Waals surface area (Å²) >= 11 is 0. The van der Waals surface area contributed by atoms with Gasteiger partial charge in [-0.15, -0.1) is 10.2 Å². The van der Waals surface area contributed by atoms with Crippen molar-refractivity contribution in [2.75, 3.05) is 5.32 Å². The van der Waals surface area contributed by atoms with Crippen molar-refractivity contribution in [2.45, 2.75) is 6.04 Å². The second-order valence-electron chi connectivity index (χ2n) is 7.31. The maximum Gasteiger partial charge on any atom is 0.269 e. The number of nitrogens with zero attached hydrogens (tertiary/aromatic N) is 5. The number of amides is 1. The Bertz CT molecular complexity index is 1440. The van der Waals surface area contributed by atoms with Gasteiger partial charge in [-0.25, -0.2) is 9.67 Å².